The fraction of sp³-hybridized carbons (Fsp3) is 0.647. The number of hydrogen-bond acceptors (Lipinski definition) is 4. The third-order valence-corrected chi connectivity index (χ3v) is 5.72. The molecule has 1 aromatic carbocycles. The standard InChI is InChI=1S/C17H20BrF3N4O/c18-15-14(26-12-5-7-24(8-6-12)10-17(19,20)21)4-3-13-16(15)22-23-25(13)9-11-1-2-11/h3-4,11-12H,1-2,5-10H2. The van der Waals surface area contributed by atoms with Crippen LogP contribution in [0.4, 0.5) is 13.2 Å². The lowest BCUT2D eigenvalue weighted by Gasteiger charge is -2.32. The fourth-order valence-corrected chi connectivity index (χ4v) is 3.88. The van der Waals surface area contributed by atoms with Gasteiger partial charge in [0.25, 0.3) is 0 Å². The van der Waals surface area contributed by atoms with Gasteiger partial charge in [-0.05, 0) is 59.7 Å². The van der Waals surface area contributed by atoms with Crippen molar-refractivity contribution in [2.75, 3.05) is 19.6 Å². The number of hydrogen-bond donors (Lipinski definition) is 0. The summed E-state index contributed by atoms with van der Waals surface area (Å²) in [5.74, 6) is 1.38. The van der Waals surface area contributed by atoms with Crippen LogP contribution in [0, 0.1) is 5.92 Å². The first-order valence-electron chi connectivity index (χ1n) is 8.86. The summed E-state index contributed by atoms with van der Waals surface area (Å²) in [5, 5.41) is 8.49. The van der Waals surface area contributed by atoms with Crippen LogP contribution in [-0.2, 0) is 6.54 Å². The van der Waals surface area contributed by atoms with E-state index in [1.165, 1.54) is 17.7 Å². The number of alkyl halides is 3. The van der Waals surface area contributed by atoms with Gasteiger partial charge in [0.15, 0.2) is 0 Å². The van der Waals surface area contributed by atoms with Gasteiger partial charge in [0.1, 0.15) is 17.4 Å². The molecule has 2 heterocycles. The van der Waals surface area contributed by atoms with Crippen LogP contribution in [-0.4, -0.2) is 51.8 Å². The average Bonchev–Trinajstić information content (AvgIpc) is 3.29. The van der Waals surface area contributed by atoms with Gasteiger partial charge in [-0.1, -0.05) is 5.21 Å². The molecule has 0 spiro atoms. The average molecular weight is 433 g/mol. The molecular weight excluding hydrogens is 413 g/mol. The van der Waals surface area contributed by atoms with Crippen LogP contribution < -0.4 is 4.74 Å². The van der Waals surface area contributed by atoms with E-state index in [2.05, 4.69) is 26.2 Å². The van der Waals surface area contributed by atoms with Crippen LogP contribution in [0.5, 0.6) is 5.75 Å². The lowest BCUT2D eigenvalue weighted by atomic mass is 10.1. The number of likely N-dealkylation sites (tertiary alicyclic amines) is 1. The summed E-state index contributed by atoms with van der Waals surface area (Å²) in [7, 11) is 0. The fourth-order valence-electron chi connectivity index (χ4n) is 3.38. The minimum atomic E-state index is -4.14. The van der Waals surface area contributed by atoms with E-state index in [0.717, 1.165) is 22.1 Å². The number of piperidine rings is 1. The van der Waals surface area contributed by atoms with E-state index in [-0.39, 0.29) is 6.10 Å². The van der Waals surface area contributed by atoms with E-state index in [0.29, 0.717) is 37.6 Å². The van der Waals surface area contributed by atoms with E-state index in [4.69, 9.17) is 4.74 Å². The number of rotatable bonds is 5. The Morgan fingerprint density at radius 3 is 2.54 bits per heavy atom. The van der Waals surface area contributed by atoms with Gasteiger partial charge < -0.3 is 4.74 Å². The van der Waals surface area contributed by atoms with E-state index < -0.39 is 12.7 Å². The van der Waals surface area contributed by atoms with Crippen molar-refractivity contribution in [3.05, 3.63) is 16.6 Å². The Hall–Kier alpha value is -1.35. The molecule has 9 heteroatoms. The van der Waals surface area contributed by atoms with Gasteiger partial charge in [-0.2, -0.15) is 13.2 Å². The maximum Gasteiger partial charge on any atom is 0.401 e. The van der Waals surface area contributed by atoms with Crippen LogP contribution in [0.2, 0.25) is 0 Å². The summed E-state index contributed by atoms with van der Waals surface area (Å²) in [5.41, 5.74) is 1.73. The van der Waals surface area contributed by atoms with Crippen molar-refractivity contribution in [2.45, 2.75) is 44.5 Å². The minimum absolute atomic E-state index is 0.0882. The molecule has 1 saturated heterocycles. The molecule has 142 valence electrons. The Bertz CT molecular complexity index is 782. The Morgan fingerprint density at radius 2 is 1.88 bits per heavy atom. The van der Waals surface area contributed by atoms with Crippen molar-refractivity contribution < 1.29 is 17.9 Å². The maximum absolute atomic E-state index is 12.5. The molecule has 2 fully saturated rings. The molecule has 1 saturated carbocycles. The molecule has 4 rings (SSSR count). The second-order valence-electron chi connectivity index (χ2n) is 7.17. The molecule has 0 N–H and O–H groups in total. The van der Waals surface area contributed by atoms with Crippen LogP contribution >= 0.6 is 15.9 Å². The van der Waals surface area contributed by atoms with Crippen molar-refractivity contribution in [1.29, 1.82) is 0 Å². The summed E-state index contributed by atoms with van der Waals surface area (Å²) >= 11 is 3.56. The highest BCUT2D eigenvalue weighted by Gasteiger charge is 2.33. The van der Waals surface area contributed by atoms with Crippen molar-refractivity contribution in [3.8, 4) is 5.75 Å². The van der Waals surface area contributed by atoms with E-state index in [9.17, 15) is 13.2 Å². The van der Waals surface area contributed by atoms with Gasteiger partial charge in [0.2, 0.25) is 0 Å². The maximum atomic E-state index is 12.5. The molecule has 0 unspecified atom stereocenters. The topological polar surface area (TPSA) is 43.2 Å². The Balaban J connectivity index is 1.41. The predicted molar refractivity (Wildman–Crippen MR) is 94.1 cm³/mol. The molecule has 0 bridgehead atoms. The highest BCUT2D eigenvalue weighted by atomic mass is 79.9. The molecule has 1 aromatic heterocycles. The lowest BCUT2D eigenvalue weighted by molar-refractivity contribution is -0.149. The third kappa shape index (κ3) is 4.14. The van der Waals surface area contributed by atoms with Crippen molar-refractivity contribution >= 4 is 27.0 Å². The number of nitrogens with zero attached hydrogens (tertiary/aromatic N) is 4. The van der Waals surface area contributed by atoms with Crippen molar-refractivity contribution in [3.63, 3.8) is 0 Å². The summed E-state index contributed by atoms with van der Waals surface area (Å²) < 4.78 is 46.2. The van der Waals surface area contributed by atoms with Gasteiger partial charge in [-0.3, -0.25) is 4.90 Å². The van der Waals surface area contributed by atoms with Crippen LogP contribution in [0.15, 0.2) is 16.6 Å². The molecule has 0 radical (unpaired) electrons. The first-order chi connectivity index (χ1) is 12.4. The predicted octanol–water partition coefficient (Wildman–Crippen LogP) is 4.01. The number of halogens is 4. The number of aromatic nitrogens is 3. The summed E-state index contributed by atoms with van der Waals surface area (Å²) in [4.78, 5) is 1.43. The Morgan fingerprint density at radius 1 is 1.15 bits per heavy atom. The number of benzene rings is 1. The highest BCUT2D eigenvalue weighted by molar-refractivity contribution is 9.10. The molecule has 1 aliphatic heterocycles. The van der Waals surface area contributed by atoms with E-state index in [1.807, 2.05) is 16.8 Å². The zero-order chi connectivity index (χ0) is 18.3. The van der Waals surface area contributed by atoms with Gasteiger partial charge in [0, 0.05) is 19.6 Å². The monoisotopic (exact) mass is 432 g/mol. The van der Waals surface area contributed by atoms with E-state index in [1.54, 1.807) is 0 Å². The van der Waals surface area contributed by atoms with Gasteiger partial charge in [0.05, 0.1) is 16.5 Å². The minimum Gasteiger partial charge on any atom is -0.489 e. The van der Waals surface area contributed by atoms with E-state index >= 15 is 0 Å². The quantitative estimate of drug-likeness (QED) is 0.715. The van der Waals surface area contributed by atoms with Gasteiger partial charge >= 0.3 is 6.18 Å². The second-order valence-corrected chi connectivity index (χ2v) is 7.96. The van der Waals surface area contributed by atoms with Crippen LogP contribution in [0.3, 0.4) is 0 Å². The summed E-state index contributed by atoms with van der Waals surface area (Å²) in [6.07, 6.45) is -0.583. The molecule has 2 aliphatic rings. The van der Waals surface area contributed by atoms with Crippen LogP contribution in [0.25, 0.3) is 11.0 Å². The van der Waals surface area contributed by atoms with Gasteiger partial charge in [-0.25, -0.2) is 4.68 Å². The van der Waals surface area contributed by atoms with Crippen molar-refractivity contribution in [2.24, 2.45) is 5.92 Å². The second kappa shape index (κ2) is 6.99. The zero-order valence-electron chi connectivity index (χ0n) is 14.2. The first kappa shape index (κ1) is 18.0. The number of fused-ring (bicyclic) bond motifs is 1. The highest BCUT2D eigenvalue weighted by Crippen LogP contribution is 2.36. The zero-order valence-corrected chi connectivity index (χ0v) is 15.8. The normalized spacial score (nSPS) is 20.0. The van der Waals surface area contributed by atoms with Gasteiger partial charge in [-0.15, -0.1) is 5.10 Å². The first-order valence-corrected chi connectivity index (χ1v) is 9.66. The van der Waals surface area contributed by atoms with Crippen molar-refractivity contribution in [1.82, 2.24) is 19.9 Å². The number of ether oxygens (including phenoxy) is 1. The third-order valence-electron chi connectivity index (χ3n) is 4.95. The Labute approximate surface area is 157 Å². The summed E-state index contributed by atoms with van der Waals surface area (Å²) in [6, 6.07) is 3.85. The molecule has 0 amide bonds. The molecule has 5 nitrogen and oxygen atoms in total. The molecular formula is C17H20BrF3N4O. The largest absolute Gasteiger partial charge is 0.489 e. The van der Waals surface area contributed by atoms with Crippen LogP contribution in [0.1, 0.15) is 25.7 Å². The molecule has 2 aromatic rings. The SMILES string of the molecule is FC(F)(F)CN1CCC(Oc2ccc3c(nnn3CC3CC3)c2Br)CC1. The lowest BCUT2D eigenvalue weighted by Crippen LogP contribution is -2.42. The molecule has 1 aliphatic carbocycles. The molecule has 26 heavy (non-hydrogen) atoms. The molecule has 0 atom stereocenters. The Kier molecular flexibility index (Phi) is 4.85. The smallest absolute Gasteiger partial charge is 0.401 e. The summed E-state index contributed by atoms with van der Waals surface area (Å²) in [6.45, 7) is 0.823.